The Bertz CT molecular complexity index is 54.5. The van der Waals surface area contributed by atoms with Crippen LogP contribution in [0.15, 0.2) is 0 Å². The van der Waals surface area contributed by atoms with Gasteiger partial charge in [0.2, 0.25) is 0 Å². The molecule has 50 valence electrons. The van der Waals surface area contributed by atoms with Crippen LogP contribution in [0.4, 0.5) is 0 Å². The Hall–Kier alpha value is 0.690. The van der Waals surface area contributed by atoms with Crippen LogP contribution >= 0.6 is 22.6 Å². The fourth-order valence-corrected chi connectivity index (χ4v) is 1.62. The van der Waals surface area contributed by atoms with Crippen LogP contribution in [0.2, 0.25) is 0 Å². The van der Waals surface area contributed by atoms with Crippen LogP contribution in [0.3, 0.4) is 0 Å². The molecule has 1 atom stereocenters. The average molecular weight is 227 g/mol. The van der Waals surface area contributed by atoms with Crippen molar-refractivity contribution in [3.05, 3.63) is 0 Å². The Labute approximate surface area is 65.2 Å². The molecule has 0 aromatic heterocycles. The lowest BCUT2D eigenvalue weighted by atomic mass is 10.1. The highest BCUT2D eigenvalue weighted by Gasteiger charge is 2.02. The number of rotatable bonds is 3. The van der Waals surface area contributed by atoms with E-state index in [2.05, 4.69) is 36.4 Å². The van der Waals surface area contributed by atoms with Crippen molar-refractivity contribution in [2.24, 2.45) is 11.7 Å². The third-order valence-corrected chi connectivity index (χ3v) is 2.00. The topological polar surface area (TPSA) is 26.0 Å². The largest absolute Gasteiger partial charge is 0.329 e. The van der Waals surface area contributed by atoms with Crippen molar-refractivity contribution in [3.63, 3.8) is 0 Å². The molecular weight excluding hydrogens is 213 g/mol. The molecule has 0 spiro atoms. The van der Waals surface area contributed by atoms with Gasteiger partial charge in [-0.15, -0.1) is 0 Å². The molecule has 1 unspecified atom stereocenters. The van der Waals surface area contributed by atoms with E-state index >= 15 is 0 Å². The van der Waals surface area contributed by atoms with Gasteiger partial charge < -0.3 is 5.73 Å². The molecule has 2 heteroatoms. The van der Waals surface area contributed by atoms with E-state index < -0.39 is 0 Å². The number of hydrogen-bond acceptors (Lipinski definition) is 1. The Morgan fingerprint density at radius 1 is 1.50 bits per heavy atom. The minimum absolute atomic E-state index is 0.674. The summed E-state index contributed by atoms with van der Waals surface area (Å²) in [5.74, 6) is 0.792. The van der Waals surface area contributed by atoms with Gasteiger partial charge in [-0.3, -0.25) is 0 Å². The van der Waals surface area contributed by atoms with E-state index in [9.17, 15) is 0 Å². The van der Waals surface area contributed by atoms with Crippen LogP contribution < -0.4 is 5.73 Å². The molecule has 0 aliphatic heterocycles. The monoisotopic (exact) mass is 227 g/mol. The molecule has 0 aromatic carbocycles. The standard InChI is InChI=1S/C6H14IN/c1-5(2)3-6(7)4-8/h5-6H,3-4,8H2,1-2H3. The number of nitrogens with two attached hydrogens (primary N) is 1. The van der Waals surface area contributed by atoms with Gasteiger partial charge in [0.25, 0.3) is 0 Å². The number of alkyl halides is 1. The summed E-state index contributed by atoms with van der Waals surface area (Å²) in [7, 11) is 0. The molecule has 0 saturated heterocycles. The van der Waals surface area contributed by atoms with Crippen molar-refractivity contribution in [2.45, 2.75) is 24.2 Å². The van der Waals surface area contributed by atoms with E-state index in [0.717, 1.165) is 12.5 Å². The molecule has 0 heterocycles. The van der Waals surface area contributed by atoms with Gasteiger partial charge in [-0.25, -0.2) is 0 Å². The van der Waals surface area contributed by atoms with Crippen molar-refractivity contribution in [2.75, 3.05) is 6.54 Å². The van der Waals surface area contributed by atoms with Crippen molar-refractivity contribution in [1.82, 2.24) is 0 Å². The molecule has 0 aliphatic carbocycles. The van der Waals surface area contributed by atoms with Gasteiger partial charge in [0, 0.05) is 10.5 Å². The van der Waals surface area contributed by atoms with Crippen molar-refractivity contribution in [3.8, 4) is 0 Å². The smallest absolute Gasteiger partial charge is 0.0235 e. The second-order valence-electron chi connectivity index (χ2n) is 2.46. The first-order valence-electron chi connectivity index (χ1n) is 3.01. The van der Waals surface area contributed by atoms with Crippen LogP contribution in [0.5, 0.6) is 0 Å². The van der Waals surface area contributed by atoms with Crippen LogP contribution in [0.25, 0.3) is 0 Å². The predicted molar refractivity (Wildman–Crippen MR) is 46.3 cm³/mol. The summed E-state index contributed by atoms with van der Waals surface area (Å²) in [5, 5.41) is 0. The average Bonchev–Trinajstić information content (AvgIpc) is 1.65. The predicted octanol–water partition coefficient (Wildman–Crippen LogP) is 1.79. The molecule has 0 bridgehead atoms. The normalized spacial score (nSPS) is 14.6. The van der Waals surface area contributed by atoms with Gasteiger partial charge >= 0.3 is 0 Å². The summed E-state index contributed by atoms with van der Waals surface area (Å²) in [4.78, 5) is 0. The molecule has 0 rings (SSSR count). The fourth-order valence-electron chi connectivity index (χ4n) is 0.608. The molecule has 2 N–H and O–H groups in total. The first-order chi connectivity index (χ1) is 3.66. The Kier molecular flexibility index (Phi) is 4.95. The Morgan fingerprint density at radius 3 is 2.12 bits per heavy atom. The molecule has 0 aromatic rings. The molecule has 1 nitrogen and oxygen atoms in total. The molecule has 0 fully saturated rings. The third kappa shape index (κ3) is 4.84. The quantitative estimate of drug-likeness (QED) is 0.577. The summed E-state index contributed by atoms with van der Waals surface area (Å²) in [6.45, 7) is 5.27. The molecule has 0 amide bonds. The summed E-state index contributed by atoms with van der Waals surface area (Å²) in [5.41, 5.74) is 5.41. The van der Waals surface area contributed by atoms with Crippen molar-refractivity contribution >= 4 is 22.6 Å². The lowest BCUT2D eigenvalue weighted by Crippen LogP contribution is -2.15. The summed E-state index contributed by atoms with van der Waals surface area (Å²) < 4.78 is 0.674. The van der Waals surface area contributed by atoms with Gasteiger partial charge in [-0.05, 0) is 12.3 Å². The van der Waals surface area contributed by atoms with Crippen molar-refractivity contribution < 1.29 is 0 Å². The van der Waals surface area contributed by atoms with Crippen LogP contribution in [-0.2, 0) is 0 Å². The van der Waals surface area contributed by atoms with Crippen molar-refractivity contribution in [1.29, 1.82) is 0 Å². The van der Waals surface area contributed by atoms with Gasteiger partial charge in [-0.1, -0.05) is 36.4 Å². The summed E-state index contributed by atoms with van der Waals surface area (Å²) in [6, 6.07) is 0. The second-order valence-corrected chi connectivity index (χ2v) is 4.22. The highest BCUT2D eigenvalue weighted by molar-refractivity contribution is 14.1. The zero-order chi connectivity index (χ0) is 6.57. The van der Waals surface area contributed by atoms with Gasteiger partial charge in [0.15, 0.2) is 0 Å². The maximum absolute atomic E-state index is 5.41. The number of halogens is 1. The zero-order valence-electron chi connectivity index (χ0n) is 5.52. The molecule has 8 heavy (non-hydrogen) atoms. The van der Waals surface area contributed by atoms with Gasteiger partial charge in [-0.2, -0.15) is 0 Å². The van der Waals surface area contributed by atoms with E-state index in [1.54, 1.807) is 0 Å². The van der Waals surface area contributed by atoms with E-state index in [1.165, 1.54) is 6.42 Å². The van der Waals surface area contributed by atoms with E-state index in [4.69, 9.17) is 5.73 Å². The minimum Gasteiger partial charge on any atom is -0.329 e. The van der Waals surface area contributed by atoms with Crippen LogP contribution in [-0.4, -0.2) is 10.5 Å². The first-order valence-corrected chi connectivity index (χ1v) is 4.25. The molecule has 0 aliphatic rings. The summed E-state index contributed by atoms with van der Waals surface area (Å²) in [6.07, 6.45) is 1.25. The maximum atomic E-state index is 5.41. The summed E-state index contributed by atoms with van der Waals surface area (Å²) >= 11 is 2.40. The van der Waals surface area contributed by atoms with Crippen LogP contribution in [0.1, 0.15) is 20.3 Å². The SMILES string of the molecule is CC(C)CC(I)CN. The second kappa shape index (κ2) is 4.56. The fraction of sp³-hybridized carbons (Fsp3) is 1.00. The zero-order valence-corrected chi connectivity index (χ0v) is 7.68. The highest BCUT2D eigenvalue weighted by atomic mass is 127. The Balaban J connectivity index is 3.10. The molecule has 0 radical (unpaired) electrons. The highest BCUT2D eigenvalue weighted by Crippen LogP contribution is 2.10. The van der Waals surface area contributed by atoms with Gasteiger partial charge in [0.1, 0.15) is 0 Å². The van der Waals surface area contributed by atoms with E-state index in [-0.39, 0.29) is 0 Å². The van der Waals surface area contributed by atoms with Gasteiger partial charge in [0.05, 0.1) is 0 Å². The Morgan fingerprint density at radius 2 is 2.00 bits per heavy atom. The molecular formula is C6H14IN. The van der Waals surface area contributed by atoms with E-state index in [1.807, 2.05) is 0 Å². The lowest BCUT2D eigenvalue weighted by Gasteiger charge is -2.07. The number of hydrogen-bond donors (Lipinski definition) is 1. The molecule has 0 saturated carbocycles. The minimum atomic E-state index is 0.674. The van der Waals surface area contributed by atoms with Crippen LogP contribution in [0, 0.1) is 5.92 Å². The van der Waals surface area contributed by atoms with E-state index in [0.29, 0.717) is 3.92 Å². The maximum Gasteiger partial charge on any atom is 0.0235 e. The third-order valence-electron chi connectivity index (χ3n) is 0.983. The lowest BCUT2D eigenvalue weighted by molar-refractivity contribution is 0.581. The first kappa shape index (κ1) is 8.69.